The van der Waals surface area contributed by atoms with E-state index in [2.05, 4.69) is 17.4 Å². The maximum absolute atomic E-state index is 14.6. The van der Waals surface area contributed by atoms with Crippen molar-refractivity contribution in [1.82, 2.24) is 0 Å². The van der Waals surface area contributed by atoms with E-state index < -0.39 is 5.92 Å². The first-order valence-electron chi connectivity index (χ1n) is 10.9. The first-order valence-corrected chi connectivity index (χ1v) is 10.9. The van der Waals surface area contributed by atoms with Gasteiger partial charge in [0.1, 0.15) is 5.82 Å². The van der Waals surface area contributed by atoms with Crippen LogP contribution in [0.5, 0.6) is 0 Å². The van der Waals surface area contributed by atoms with E-state index in [0.717, 1.165) is 24.9 Å². The van der Waals surface area contributed by atoms with Crippen LogP contribution >= 0.6 is 0 Å². The number of ether oxygens (including phenoxy) is 1. The lowest BCUT2D eigenvalue weighted by Crippen LogP contribution is -2.36. The zero-order chi connectivity index (χ0) is 21.4. The number of amides is 2. The maximum Gasteiger partial charge on any atom is 0.229 e. The minimum atomic E-state index is -0.456. The van der Waals surface area contributed by atoms with Crippen LogP contribution in [-0.2, 0) is 27.2 Å². The Morgan fingerprint density at radius 1 is 1.06 bits per heavy atom. The van der Waals surface area contributed by atoms with Crippen LogP contribution in [0.25, 0.3) is 0 Å². The summed E-state index contributed by atoms with van der Waals surface area (Å²) in [5.41, 5.74) is 4.44. The number of carbonyl (C=O) groups is 2. The minimum Gasteiger partial charge on any atom is -0.378 e. The normalized spacial score (nSPS) is 20.8. The Kier molecular flexibility index (Phi) is 5.36. The Morgan fingerprint density at radius 2 is 1.87 bits per heavy atom. The van der Waals surface area contributed by atoms with E-state index in [-0.39, 0.29) is 24.1 Å². The highest BCUT2D eigenvalue weighted by molar-refractivity contribution is 6.03. The minimum absolute atomic E-state index is 0.0491. The van der Waals surface area contributed by atoms with Crippen molar-refractivity contribution in [2.75, 3.05) is 48.0 Å². The number of nitrogens with zero attached hydrogens (tertiary/aromatic N) is 2. The van der Waals surface area contributed by atoms with Gasteiger partial charge in [0.15, 0.2) is 0 Å². The molecule has 162 valence electrons. The highest BCUT2D eigenvalue weighted by Gasteiger charge is 2.35. The van der Waals surface area contributed by atoms with Crippen LogP contribution in [0.3, 0.4) is 0 Å². The van der Waals surface area contributed by atoms with Gasteiger partial charge in [-0.05, 0) is 60.7 Å². The number of hydrogen-bond donors (Lipinski definition) is 1. The second kappa shape index (κ2) is 8.30. The van der Waals surface area contributed by atoms with Crippen molar-refractivity contribution < 1.29 is 18.7 Å². The third-order valence-electron chi connectivity index (χ3n) is 6.46. The highest BCUT2D eigenvalue weighted by atomic mass is 19.1. The molecule has 3 aliphatic rings. The molecule has 31 heavy (non-hydrogen) atoms. The molecule has 7 heteroatoms. The number of anilines is 3. The molecule has 1 unspecified atom stereocenters. The van der Waals surface area contributed by atoms with E-state index in [4.69, 9.17) is 4.74 Å². The predicted molar refractivity (Wildman–Crippen MR) is 117 cm³/mol. The lowest BCUT2D eigenvalue weighted by molar-refractivity contribution is -0.122. The van der Waals surface area contributed by atoms with E-state index in [1.807, 2.05) is 11.0 Å². The lowest BCUT2D eigenvalue weighted by atomic mass is 10.1. The third-order valence-corrected chi connectivity index (χ3v) is 6.46. The first kappa shape index (κ1) is 20.0. The molecule has 2 saturated heterocycles. The SMILES string of the molecule is O=C(Nc1ccc(N2CCOCC2)c(F)c1)C1CC(=O)N(c2ccc3c(c2)CCC3)C1. The number of benzene rings is 2. The second-order valence-electron chi connectivity index (χ2n) is 8.47. The Balaban J connectivity index is 1.25. The molecular formula is C24H26FN3O3. The van der Waals surface area contributed by atoms with Gasteiger partial charge in [0.2, 0.25) is 11.8 Å². The van der Waals surface area contributed by atoms with Gasteiger partial charge in [0.05, 0.1) is 24.8 Å². The van der Waals surface area contributed by atoms with Gasteiger partial charge in [-0.25, -0.2) is 4.39 Å². The number of halogens is 1. The van der Waals surface area contributed by atoms with Crippen LogP contribution < -0.4 is 15.1 Å². The quantitative estimate of drug-likeness (QED) is 0.821. The molecule has 6 nitrogen and oxygen atoms in total. The molecule has 2 amide bonds. The smallest absolute Gasteiger partial charge is 0.229 e. The summed E-state index contributed by atoms with van der Waals surface area (Å²) in [7, 11) is 0. The van der Waals surface area contributed by atoms with Gasteiger partial charge < -0.3 is 19.9 Å². The highest BCUT2D eigenvalue weighted by Crippen LogP contribution is 2.31. The van der Waals surface area contributed by atoms with E-state index >= 15 is 0 Å². The molecule has 0 radical (unpaired) electrons. The van der Waals surface area contributed by atoms with Gasteiger partial charge in [-0.3, -0.25) is 9.59 Å². The lowest BCUT2D eigenvalue weighted by Gasteiger charge is -2.29. The number of hydrogen-bond acceptors (Lipinski definition) is 4. The van der Waals surface area contributed by atoms with Crippen LogP contribution in [-0.4, -0.2) is 44.7 Å². The van der Waals surface area contributed by atoms with E-state index in [9.17, 15) is 14.0 Å². The second-order valence-corrected chi connectivity index (χ2v) is 8.47. The fourth-order valence-electron chi connectivity index (χ4n) is 4.75. The molecule has 2 fully saturated rings. The van der Waals surface area contributed by atoms with Gasteiger partial charge >= 0.3 is 0 Å². The molecular weight excluding hydrogens is 397 g/mol. The van der Waals surface area contributed by atoms with Gasteiger partial charge in [0, 0.05) is 37.4 Å². The van der Waals surface area contributed by atoms with Gasteiger partial charge in [-0.15, -0.1) is 0 Å². The first-order chi connectivity index (χ1) is 15.1. The van der Waals surface area contributed by atoms with Crippen molar-refractivity contribution in [1.29, 1.82) is 0 Å². The summed E-state index contributed by atoms with van der Waals surface area (Å²) in [6.45, 7) is 2.79. The maximum atomic E-state index is 14.6. The average Bonchev–Trinajstić information content (AvgIpc) is 3.40. The molecule has 2 aromatic rings. The number of nitrogens with one attached hydrogen (secondary N) is 1. The van der Waals surface area contributed by atoms with Gasteiger partial charge in [0.25, 0.3) is 0 Å². The molecule has 0 spiro atoms. The summed E-state index contributed by atoms with van der Waals surface area (Å²) in [6, 6.07) is 10.9. The van der Waals surface area contributed by atoms with Crippen molar-refractivity contribution in [3.63, 3.8) is 0 Å². The van der Waals surface area contributed by atoms with Gasteiger partial charge in [-0.2, -0.15) is 0 Å². The van der Waals surface area contributed by atoms with E-state index in [0.29, 0.717) is 44.2 Å². The molecule has 5 rings (SSSR count). The van der Waals surface area contributed by atoms with Crippen molar-refractivity contribution >= 4 is 28.9 Å². The summed E-state index contributed by atoms with van der Waals surface area (Å²) >= 11 is 0. The molecule has 1 aliphatic carbocycles. The van der Waals surface area contributed by atoms with E-state index in [1.54, 1.807) is 17.0 Å². The number of carbonyl (C=O) groups excluding carboxylic acids is 2. The van der Waals surface area contributed by atoms with Crippen molar-refractivity contribution in [3.8, 4) is 0 Å². The van der Waals surface area contributed by atoms with Gasteiger partial charge in [-0.1, -0.05) is 6.07 Å². The molecule has 2 aliphatic heterocycles. The molecule has 0 bridgehead atoms. The van der Waals surface area contributed by atoms with Crippen LogP contribution in [0.1, 0.15) is 24.0 Å². The Hall–Kier alpha value is -2.93. The van der Waals surface area contributed by atoms with Crippen molar-refractivity contribution in [3.05, 3.63) is 53.3 Å². The summed E-state index contributed by atoms with van der Waals surface area (Å²) in [5, 5.41) is 2.79. The summed E-state index contributed by atoms with van der Waals surface area (Å²) in [5.74, 6) is -1.13. The molecule has 1 N–H and O–H groups in total. The summed E-state index contributed by atoms with van der Waals surface area (Å²) < 4.78 is 19.9. The molecule has 2 heterocycles. The van der Waals surface area contributed by atoms with Crippen LogP contribution in [0.4, 0.5) is 21.5 Å². The van der Waals surface area contributed by atoms with Crippen LogP contribution in [0.2, 0.25) is 0 Å². The molecule has 1 atom stereocenters. The fraction of sp³-hybridized carbons (Fsp3) is 0.417. The number of rotatable bonds is 4. The zero-order valence-corrected chi connectivity index (χ0v) is 17.4. The monoisotopic (exact) mass is 423 g/mol. The topological polar surface area (TPSA) is 61.9 Å². The number of morpholine rings is 1. The fourth-order valence-corrected chi connectivity index (χ4v) is 4.75. The predicted octanol–water partition coefficient (Wildman–Crippen LogP) is 3.14. The number of aryl methyl sites for hydroxylation is 2. The molecule has 0 aromatic heterocycles. The van der Waals surface area contributed by atoms with Crippen LogP contribution in [0.15, 0.2) is 36.4 Å². The Morgan fingerprint density at radius 3 is 2.68 bits per heavy atom. The third kappa shape index (κ3) is 4.02. The Labute approximate surface area is 181 Å². The van der Waals surface area contributed by atoms with E-state index in [1.165, 1.54) is 17.2 Å². The molecule has 0 saturated carbocycles. The Bertz CT molecular complexity index is 1020. The molecule has 2 aromatic carbocycles. The van der Waals surface area contributed by atoms with Crippen molar-refractivity contribution in [2.45, 2.75) is 25.7 Å². The van der Waals surface area contributed by atoms with Crippen molar-refractivity contribution in [2.24, 2.45) is 5.92 Å². The average molecular weight is 423 g/mol. The standard InChI is InChI=1S/C24H26FN3O3/c25-21-14-19(5-7-22(21)27-8-10-31-11-9-27)26-24(30)18-13-23(29)28(15-18)20-6-4-16-2-1-3-17(16)12-20/h4-7,12,14,18H,1-3,8-11,13,15H2,(H,26,30). The summed E-state index contributed by atoms with van der Waals surface area (Å²) in [4.78, 5) is 29.0. The largest absolute Gasteiger partial charge is 0.378 e. The van der Waals surface area contributed by atoms with Crippen LogP contribution in [0, 0.1) is 11.7 Å². The zero-order valence-electron chi connectivity index (χ0n) is 17.4. The number of fused-ring (bicyclic) bond motifs is 1. The summed E-state index contributed by atoms with van der Waals surface area (Å²) in [6.07, 6.45) is 3.45.